The first kappa shape index (κ1) is 17.1. The van der Waals surface area contributed by atoms with E-state index < -0.39 is 0 Å². The summed E-state index contributed by atoms with van der Waals surface area (Å²) < 4.78 is 5.31. The molecule has 0 saturated carbocycles. The van der Waals surface area contributed by atoms with Crippen LogP contribution in [0, 0.1) is 13.8 Å². The second-order valence-electron chi connectivity index (χ2n) is 6.80. The van der Waals surface area contributed by atoms with Gasteiger partial charge in [0.05, 0.1) is 12.5 Å². The number of nitrogens with one attached hydrogen (secondary N) is 1. The third kappa shape index (κ3) is 3.21. The average Bonchev–Trinajstić information content (AvgIpc) is 2.97. The number of methoxy groups -OCH3 is 1. The zero-order valence-electron chi connectivity index (χ0n) is 15.5. The van der Waals surface area contributed by atoms with Gasteiger partial charge in [-0.25, -0.2) is 9.97 Å². The van der Waals surface area contributed by atoms with Crippen molar-refractivity contribution >= 4 is 33.1 Å². The van der Waals surface area contributed by atoms with Gasteiger partial charge in [-0.2, -0.15) is 0 Å². The quantitative estimate of drug-likeness (QED) is 0.740. The van der Waals surface area contributed by atoms with Crippen LogP contribution in [0.2, 0.25) is 0 Å². The van der Waals surface area contributed by atoms with Gasteiger partial charge < -0.3 is 15.0 Å². The molecule has 0 radical (unpaired) electrons. The average molecular weight is 369 g/mol. The predicted octanol–water partition coefficient (Wildman–Crippen LogP) is 4.40. The van der Waals surface area contributed by atoms with E-state index in [0.717, 1.165) is 48.0 Å². The summed E-state index contributed by atoms with van der Waals surface area (Å²) in [5, 5.41) is 4.87. The molecule has 1 fully saturated rings. The van der Waals surface area contributed by atoms with Gasteiger partial charge in [-0.15, -0.1) is 11.3 Å². The van der Waals surface area contributed by atoms with Gasteiger partial charge in [-0.3, -0.25) is 0 Å². The normalized spacial score (nSPS) is 15.4. The van der Waals surface area contributed by atoms with Gasteiger partial charge >= 0.3 is 0 Å². The Kier molecular flexibility index (Phi) is 4.68. The molecule has 1 N–H and O–H groups in total. The molecule has 1 aliphatic heterocycles. The van der Waals surface area contributed by atoms with E-state index in [0.29, 0.717) is 6.04 Å². The number of piperidine rings is 1. The molecule has 0 amide bonds. The number of hydrogen-bond donors (Lipinski definition) is 1. The first-order valence-electron chi connectivity index (χ1n) is 9.02. The largest absolute Gasteiger partial charge is 0.497 e. The number of ether oxygens (including phenoxy) is 1. The van der Waals surface area contributed by atoms with Crippen molar-refractivity contribution < 1.29 is 4.74 Å². The summed E-state index contributed by atoms with van der Waals surface area (Å²) in [4.78, 5) is 13.9. The van der Waals surface area contributed by atoms with Crippen molar-refractivity contribution in [2.75, 3.05) is 30.4 Å². The number of aryl methyl sites for hydroxylation is 2. The Labute approximate surface area is 158 Å². The third-order valence-electron chi connectivity index (χ3n) is 5.18. The van der Waals surface area contributed by atoms with Crippen LogP contribution >= 0.6 is 11.3 Å². The number of rotatable bonds is 4. The molecule has 0 unspecified atom stereocenters. The van der Waals surface area contributed by atoms with Gasteiger partial charge in [0, 0.05) is 35.8 Å². The van der Waals surface area contributed by atoms with Crippen molar-refractivity contribution in [3.05, 3.63) is 41.0 Å². The minimum Gasteiger partial charge on any atom is -0.497 e. The van der Waals surface area contributed by atoms with Crippen molar-refractivity contribution in [1.82, 2.24) is 9.97 Å². The number of aromatic nitrogens is 2. The standard InChI is InChI=1S/C20H24N4OS/c1-13-14(2)26-20-18(13)19(21-12-22-20)24-9-7-15(8-10-24)23-16-5-4-6-17(11-16)25-3/h4-6,11-12,15,23H,7-10H2,1-3H3. The molecule has 0 bridgehead atoms. The molecule has 1 saturated heterocycles. The van der Waals surface area contributed by atoms with Crippen molar-refractivity contribution in [3.8, 4) is 5.75 Å². The van der Waals surface area contributed by atoms with Crippen molar-refractivity contribution in [1.29, 1.82) is 0 Å². The van der Waals surface area contributed by atoms with E-state index in [2.05, 4.69) is 46.2 Å². The lowest BCUT2D eigenvalue weighted by atomic mass is 10.0. The summed E-state index contributed by atoms with van der Waals surface area (Å²) in [5.41, 5.74) is 2.44. The highest BCUT2D eigenvalue weighted by Gasteiger charge is 2.23. The molecule has 3 heterocycles. The lowest BCUT2D eigenvalue weighted by Crippen LogP contribution is -2.39. The van der Waals surface area contributed by atoms with Crippen LogP contribution < -0.4 is 15.0 Å². The Balaban J connectivity index is 1.47. The molecule has 26 heavy (non-hydrogen) atoms. The zero-order valence-corrected chi connectivity index (χ0v) is 16.3. The third-order valence-corrected chi connectivity index (χ3v) is 6.30. The molecule has 136 valence electrons. The van der Waals surface area contributed by atoms with Gasteiger partial charge in [0.25, 0.3) is 0 Å². The molecule has 5 nitrogen and oxygen atoms in total. The van der Waals surface area contributed by atoms with E-state index in [-0.39, 0.29) is 0 Å². The van der Waals surface area contributed by atoms with Gasteiger partial charge in [0.1, 0.15) is 22.7 Å². The first-order valence-corrected chi connectivity index (χ1v) is 9.83. The molecule has 4 rings (SSSR count). The van der Waals surface area contributed by atoms with Crippen molar-refractivity contribution in [2.24, 2.45) is 0 Å². The van der Waals surface area contributed by atoms with Crippen LogP contribution in [0.1, 0.15) is 23.3 Å². The van der Waals surface area contributed by atoms with E-state index in [4.69, 9.17) is 4.74 Å². The fraction of sp³-hybridized carbons (Fsp3) is 0.400. The molecule has 0 aliphatic carbocycles. The lowest BCUT2D eigenvalue weighted by Gasteiger charge is -2.34. The van der Waals surface area contributed by atoms with Gasteiger partial charge in [0.2, 0.25) is 0 Å². The Morgan fingerprint density at radius 3 is 2.77 bits per heavy atom. The number of anilines is 2. The maximum atomic E-state index is 5.31. The summed E-state index contributed by atoms with van der Waals surface area (Å²) in [6, 6.07) is 8.62. The van der Waals surface area contributed by atoms with Crippen LogP contribution in [0.5, 0.6) is 5.75 Å². The Hall–Kier alpha value is -2.34. The van der Waals surface area contributed by atoms with Crippen LogP contribution in [-0.4, -0.2) is 36.2 Å². The Bertz CT molecular complexity index is 915. The maximum absolute atomic E-state index is 5.31. The molecular weight excluding hydrogens is 344 g/mol. The van der Waals surface area contributed by atoms with E-state index in [1.807, 2.05) is 12.1 Å². The fourth-order valence-corrected chi connectivity index (χ4v) is 4.58. The summed E-state index contributed by atoms with van der Waals surface area (Å²) in [6.45, 7) is 6.35. The Morgan fingerprint density at radius 2 is 2.00 bits per heavy atom. The zero-order chi connectivity index (χ0) is 18.1. The molecule has 0 spiro atoms. The highest BCUT2D eigenvalue weighted by Crippen LogP contribution is 2.35. The smallest absolute Gasteiger partial charge is 0.141 e. The number of nitrogens with zero attached hydrogens (tertiary/aromatic N) is 3. The van der Waals surface area contributed by atoms with Crippen molar-refractivity contribution in [2.45, 2.75) is 32.7 Å². The topological polar surface area (TPSA) is 50.3 Å². The number of thiophene rings is 1. The summed E-state index contributed by atoms with van der Waals surface area (Å²) in [6.07, 6.45) is 3.88. The molecule has 3 aromatic rings. The number of benzene rings is 1. The van der Waals surface area contributed by atoms with E-state index in [1.165, 1.54) is 15.8 Å². The summed E-state index contributed by atoms with van der Waals surface area (Å²) >= 11 is 1.76. The molecule has 1 aliphatic rings. The molecule has 1 aromatic carbocycles. The SMILES string of the molecule is COc1cccc(NC2CCN(c3ncnc4sc(C)c(C)c34)CC2)c1. The lowest BCUT2D eigenvalue weighted by molar-refractivity contribution is 0.415. The predicted molar refractivity (Wildman–Crippen MR) is 109 cm³/mol. The van der Waals surface area contributed by atoms with Crippen LogP contribution in [0.3, 0.4) is 0 Å². The molecule has 0 atom stereocenters. The number of hydrogen-bond acceptors (Lipinski definition) is 6. The number of fused-ring (bicyclic) bond motifs is 1. The first-order chi connectivity index (χ1) is 12.7. The van der Waals surface area contributed by atoms with Gasteiger partial charge in [-0.1, -0.05) is 6.07 Å². The van der Waals surface area contributed by atoms with Crippen LogP contribution in [0.25, 0.3) is 10.2 Å². The second kappa shape index (κ2) is 7.11. The highest BCUT2D eigenvalue weighted by atomic mass is 32.1. The molecular formula is C20H24N4OS. The van der Waals surface area contributed by atoms with Crippen LogP contribution in [0.15, 0.2) is 30.6 Å². The van der Waals surface area contributed by atoms with Crippen LogP contribution in [-0.2, 0) is 0 Å². The summed E-state index contributed by atoms with van der Waals surface area (Å²) in [5.74, 6) is 1.98. The van der Waals surface area contributed by atoms with E-state index in [1.54, 1.807) is 24.8 Å². The van der Waals surface area contributed by atoms with E-state index >= 15 is 0 Å². The fourth-order valence-electron chi connectivity index (χ4n) is 3.59. The minimum atomic E-state index is 0.473. The van der Waals surface area contributed by atoms with Crippen LogP contribution in [0.4, 0.5) is 11.5 Å². The van der Waals surface area contributed by atoms with E-state index in [9.17, 15) is 0 Å². The summed E-state index contributed by atoms with van der Waals surface area (Å²) in [7, 11) is 1.70. The van der Waals surface area contributed by atoms with Gasteiger partial charge in [0.15, 0.2) is 0 Å². The molecule has 2 aromatic heterocycles. The second-order valence-corrected chi connectivity index (χ2v) is 8.00. The Morgan fingerprint density at radius 1 is 1.19 bits per heavy atom. The minimum absolute atomic E-state index is 0.473. The molecule has 6 heteroatoms. The maximum Gasteiger partial charge on any atom is 0.141 e. The highest BCUT2D eigenvalue weighted by molar-refractivity contribution is 7.18. The van der Waals surface area contributed by atoms with Gasteiger partial charge in [-0.05, 0) is 44.4 Å². The van der Waals surface area contributed by atoms with Crippen molar-refractivity contribution in [3.63, 3.8) is 0 Å². The monoisotopic (exact) mass is 368 g/mol.